The van der Waals surface area contributed by atoms with Crippen molar-refractivity contribution in [3.05, 3.63) is 29.6 Å². The molecule has 0 aliphatic heterocycles. The van der Waals surface area contributed by atoms with E-state index in [1.165, 1.54) is 12.8 Å². The molecule has 4 nitrogen and oxygen atoms in total. The van der Waals surface area contributed by atoms with Gasteiger partial charge in [0.25, 0.3) is 0 Å². The molecule has 0 saturated heterocycles. The lowest BCUT2D eigenvalue weighted by molar-refractivity contribution is 0.0114. The summed E-state index contributed by atoms with van der Waals surface area (Å²) in [5, 5.41) is 12.3. The third-order valence-corrected chi connectivity index (χ3v) is 3.59. The van der Waals surface area contributed by atoms with Crippen LogP contribution in [0, 0.1) is 11.3 Å². The maximum atomic E-state index is 8.80. The van der Waals surface area contributed by atoms with E-state index in [4.69, 9.17) is 10.00 Å². The number of ether oxygens (including phenoxy) is 1. The molecule has 4 heteroatoms. The molecule has 1 fully saturated rings. The van der Waals surface area contributed by atoms with E-state index in [1.54, 1.807) is 12.3 Å². The highest BCUT2D eigenvalue weighted by Crippen LogP contribution is 2.22. The molecular formula is C15H21N3O. The fraction of sp³-hybridized carbons (Fsp3) is 0.600. The molecule has 19 heavy (non-hydrogen) atoms. The van der Waals surface area contributed by atoms with Crippen LogP contribution in [0.1, 0.15) is 43.9 Å². The van der Waals surface area contributed by atoms with Crippen molar-refractivity contribution in [3.63, 3.8) is 0 Å². The number of pyridine rings is 1. The fourth-order valence-electron chi connectivity index (χ4n) is 2.56. The van der Waals surface area contributed by atoms with E-state index in [0.717, 1.165) is 24.9 Å². The number of rotatable bonds is 5. The highest BCUT2D eigenvalue weighted by molar-refractivity contribution is 5.24. The zero-order valence-corrected chi connectivity index (χ0v) is 11.4. The second kappa shape index (κ2) is 7.22. The molecule has 0 amide bonds. The zero-order chi connectivity index (χ0) is 13.5. The summed E-state index contributed by atoms with van der Waals surface area (Å²) in [5.41, 5.74) is 1.48. The molecule has 0 bridgehead atoms. The molecule has 1 aromatic heterocycles. The van der Waals surface area contributed by atoms with E-state index in [9.17, 15) is 0 Å². The Morgan fingerprint density at radius 3 is 2.89 bits per heavy atom. The molecular weight excluding hydrogens is 238 g/mol. The van der Waals surface area contributed by atoms with Gasteiger partial charge in [-0.1, -0.05) is 6.92 Å². The van der Waals surface area contributed by atoms with Crippen molar-refractivity contribution >= 4 is 0 Å². The molecule has 1 saturated carbocycles. The summed E-state index contributed by atoms with van der Waals surface area (Å²) in [5.74, 6) is 0. The smallest absolute Gasteiger partial charge is 0.140 e. The van der Waals surface area contributed by atoms with Crippen LogP contribution in [0.25, 0.3) is 0 Å². The van der Waals surface area contributed by atoms with Gasteiger partial charge in [-0.15, -0.1) is 0 Å². The third kappa shape index (κ3) is 4.30. The van der Waals surface area contributed by atoms with E-state index in [2.05, 4.69) is 23.3 Å². The highest BCUT2D eigenvalue weighted by atomic mass is 16.5. The average Bonchev–Trinajstić information content (AvgIpc) is 2.47. The lowest BCUT2D eigenvalue weighted by Gasteiger charge is -2.29. The van der Waals surface area contributed by atoms with Crippen LogP contribution >= 0.6 is 0 Å². The van der Waals surface area contributed by atoms with Gasteiger partial charge in [0.1, 0.15) is 11.8 Å². The lowest BCUT2D eigenvalue weighted by Crippen LogP contribution is -2.35. The Kier molecular flexibility index (Phi) is 5.31. The summed E-state index contributed by atoms with van der Waals surface area (Å²) in [4.78, 5) is 3.96. The molecule has 2 rings (SSSR count). The molecule has 0 spiro atoms. The van der Waals surface area contributed by atoms with Crippen LogP contribution in [-0.2, 0) is 11.3 Å². The van der Waals surface area contributed by atoms with E-state index in [-0.39, 0.29) is 0 Å². The Morgan fingerprint density at radius 2 is 2.21 bits per heavy atom. The molecule has 1 heterocycles. The third-order valence-electron chi connectivity index (χ3n) is 3.59. The SMILES string of the molecule is CCNC1CCC(OCc2ccnc(C#N)c2)CC1. The summed E-state index contributed by atoms with van der Waals surface area (Å²) in [7, 11) is 0. The molecule has 102 valence electrons. The number of aromatic nitrogens is 1. The minimum absolute atomic E-state index is 0.355. The Hall–Kier alpha value is -1.44. The standard InChI is InChI=1S/C15H21N3O/c1-2-17-13-3-5-15(6-4-13)19-11-12-7-8-18-14(9-12)10-16/h7-9,13,15,17H,2-6,11H2,1H3. The van der Waals surface area contributed by atoms with Gasteiger partial charge in [0.2, 0.25) is 0 Å². The van der Waals surface area contributed by atoms with Gasteiger partial charge >= 0.3 is 0 Å². The van der Waals surface area contributed by atoms with Gasteiger partial charge in [-0.2, -0.15) is 5.26 Å². The van der Waals surface area contributed by atoms with Crippen LogP contribution in [0.4, 0.5) is 0 Å². The predicted octanol–water partition coefficient (Wildman–Crippen LogP) is 2.39. The Balaban J connectivity index is 1.76. The monoisotopic (exact) mass is 259 g/mol. The predicted molar refractivity (Wildman–Crippen MR) is 73.5 cm³/mol. The van der Waals surface area contributed by atoms with Gasteiger partial charge in [-0.05, 0) is 49.9 Å². The molecule has 1 aliphatic carbocycles. The summed E-state index contributed by atoms with van der Waals surface area (Å²) in [6.07, 6.45) is 6.64. The van der Waals surface area contributed by atoms with Gasteiger partial charge in [0.05, 0.1) is 12.7 Å². The van der Waals surface area contributed by atoms with Gasteiger partial charge in [-0.3, -0.25) is 0 Å². The van der Waals surface area contributed by atoms with Gasteiger partial charge in [0, 0.05) is 12.2 Å². The van der Waals surface area contributed by atoms with Crippen LogP contribution in [0.3, 0.4) is 0 Å². The first-order chi connectivity index (χ1) is 9.31. The first-order valence-corrected chi connectivity index (χ1v) is 7.02. The summed E-state index contributed by atoms with van der Waals surface area (Å²) < 4.78 is 5.93. The van der Waals surface area contributed by atoms with Crippen LogP contribution in [0.15, 0.2) is 18.3 Å². The Bertz CT molecular complexity index is 433. The van der Waals surface area contributed by atoms with Crippen molar-refractivity contribution in [2.24, 2.45) is 0 Å². The van der Waals surface area contributed by atoms with Crippen molar-refractivity contribution < 1.29 is 4.74 Å². The quantitative estimate of drug-likeness (QED) is 0.882. The van der Waals surface area contributed by atoms with Gasteiger partial charge in [0.15, 0.2) is 0 Å². The summed E-state index contributed by atoms with van der Waals surface area (Å²) in [6.45, 7) is 3.77. The number of nitrogens with zero attached hydrogens (tertiary/aromatic N) is 2. The van der Waals surface area contributed by atoms with Crippen LogP contribution in [0.5, 0.6) is 0 Å². The number of hydrogen-bond acceptors (Lipinski definition) is 4. The Labute approximate surface area is 114 Å². The second-order valence-corrected chi connectivity index (χ2v) is 5.00. The molecule has 1 N–H and O–H groups in total. The molecule has 0 atom stereocenters. The van der Waals surface area contributed by atoms with Gasteiger partial charge < -0.3 is 10.1 Å². The van der Waals surface area contributed by atoms with E-state index in [0.29, 0.717) is 24.4 Å². The number of nitriles is 1. The van der Waals surface area contributed by atoms with Crippen LogP contribution in [-0.4, -0.2) is 23.7 Å². The normalized spacial score (nSPS) is 22.9. The van der Waals surface area contributed by atoms with E-state index in [1.807, 2.05) is 6.07 Å². The fourth-order valence-corrected chi connectivity index (χ4v) is 2.56. The van der Waals surface area contributed by atoms with Crippen molar-refractivity contribution in [3.8, 4) is 6.07 Å². The van der Waals surface area contributed by atoms with Crippen molar-refractivity contribution in [1.82, 2.24) is 10.3 Å². The van der Waals surface area contributed by atoms with Crippen LogP contribution in [0.2, 0.25) is 0 Å². The molecule has 1 aromatic rings. The largest absolute Gasteiger partial charge is 0.374 e. The van der Waals surface area contributed by atoms with Crippen molar-refractivity contribution in [2.45, 2.75) is 51.4 Å². The first-order valence-electron chi connectivity index (χ1n) is 7.02. The average molecular weight is 259 g/mol. The summed E-state index contributed by atoms with van der Waals surface area (Å²) >= 11 is 0. The topological polar surface area (TPSA) is 57.9 Å². The summed E-state index contributed by atoms with van der Waals surface area (Å²) in [6, 6.07) is 6.42. The molecule has 0 aromatic carbocycles. The molecule has 1 aliphatic rings. The van der Waals surface area contributed by atoms with E-state index >= 15 is 0 Å². The van der Waals surface area contributed by atoms with Crippen molar-refractivity contribution in [1.29, 1.82) is 5.26 Å². The van der Waals surface area contributed by atoms with E-state index < -0.39 is 0 Å². The maximum Gasteiger partial charge on any atom is 0.140 e. The van der Waals surface area contributed by atoms with Crippen LogP contribution < -0.4 is 5.32 Å². The number of hydrogen-bond donors (Lipinski definition) is 1. The molecule has 0 radical (unpaired) electrons. The zero-order valence-electron chi connectivity index (χ0n) is 11.4. The highest BCUT2D eigenvalue weighted by Gasteiger charge is 2.20. The maximum absolute atomic E-state index is 8.80. The number of nitrogens with one attached hydrogen (secondary N) is 1. The first kappa shape index (κ1) is 14.0. The minimum Gasteiger partial charge on any atom is -0.374 e. The van der Waals surface area contributed by atoms with Gasteiger partial charge in [-0.25, -0.2) is 4.98 Å². The Morgan fingerprint density at radius 1 is 1.42 bits per heavy atom. The minimum atomic E-state index is 0.355. The molecule has 0 unspecified atom stereocenters. The lowest BCUT2D eigenvalue weighted by atomic mass is 9.93. The van der Waals surface area contributed by atoms with Crippen molar-refractivity contribution in [2.75, 3.05) is 6.54 Å². The second-order valence-electron chi connectivity index (χ2n) is 5.00.